The lowest BCUT2D eigenvalue weighted by Crippen LogP contribution is -2.38. The van der Waals surface area contributed by atoms with Crippen molar-refractivity contribution < 1.29 is 4.74 Å². The average Bonchev–Trinajstić information content (AvgIpc) is 2.68. The Balaban J connectivity index is 1.78. The summed E-state index contributed by atoms with van der Waals surface area (Å²) in [5, 5.41) is 3.75. The first kappa shape index (κ1) is 9.47. The highest BCUT2D eigenvalue weighted by Crippen LogP contribution is 2.31. The standard InChI is InChI=1S/C11H21NO/c1-3-10(9-4-5-13-7-9)12-11-6-8(11)2/h8-12H,3-7H2,1-2H3. The topological polar surface area (TPSA) is 21.3 Å². The largest absolute Gasteiger partial charge is 0.381 e. The molecule has 1 saturated carbocycles. The van der Waals surface area contributed by atoms with E-state index >= 15 is 0 Å². The number of nitrogens with one attached hydrogen (secondary N) is 1. The van der Waals surface area contributed by atoms with Crippen LogP contribution in [0, 0.1) is 11.8 Å². The van der Waals surface area contributed by atoms with Crippen LogP contribution in [0.3, 0.4) is 0 Å². The number of hydrogen-bond donors (Lipinski definition) is 1. The lowest BCUT2D eigenvalue weighted by molar-refractivity contribution is 0.175. The minimum absolute atomic E-state index is 0.706. The number of ether oxygens (including phenoxy) is 1. The quantitative estimate of drug-likeness (QED) is 0.717. The first-order chi connectivity index (χ1) is 6.31. The zero-order valence-corrected chi connectivity index (χ0v) is 8.75. The number of rotatable bonds is 4. The summed E-state index contributed by atoms with van der Waals surface area (Å²) in [6.45, 7) is 6.56. The monoisotopic (exact) mass is 183 g/mol. The van der Waals surface area contributed by atoms with E-state index in [9.17, 15) is 0 Å². The van der Waals surface area contributed by atoms with Crippen molar-refractivity contribution in [2.24, 2.45) is 11.8 Å². The Morgan fingerprint density at radius 3 is 2.77 bits per heavy atom. The maximum atomic E-state index is 5.43. The second-order valence-electron chi connectivity index (χ2n) is 4.62. The van der Waals surface area contributed by atoms with Gasteiger partial charge in [-0.15, -0.1) is 0 Å². The van der Waals surface area contributed by atoms with Crippen LogP contribution < -0.4 is 5.32 Å². The van der Waals surface area contributed by atoms with Crippen LogP contribution in [0.1, 0.15) is 33.1 Å². The van der Waals surface area contributed by atoms with Gasteiger partial charge in [0.2, 0.25) is 0 Å². The van der Waals surface area contributed by atoms with Crippen LogP contribution in [0.15, 0.2) is 0 Å². The molecule has 2 fully saturated rings. The van der Waals surface area contributed by atoms with Crippen molar-refractivity contribution in [1.82, 2.24) is 5.32 Å². The van der Waals surface area contributed by atoms with Crippen molar-refractivity contribution in [3.05, 3.63) is 0 Å². The van der Waals surface area contributed by atoms with E-state index in [1.165, 1.54) is 19.3 Å². The molecular formula is C11H21NO. The highest BCUT2D eigenvalue weighted by Gasteiger charge is 2.36. The van der Waals surface area contributed by atoms with Gasteiger partial charge in [0, 0.05) is 18.7 Å². The van der Waals surface area contributed by atoms with E-state index in [4.69, 9.17) is 4.74 Å². The summed E-state index contributed by atoms with van der Waals surface area (Å²) in [5.74, 6) is 1.69. The van der Waals surface area contributed by atoms with E-state index in [1.807, 2.05) is 0 Å². The first-order valence-corrected chi connectivity index (χ1v) is 5.65. The highest BCUT2D eigenvalue weighted by atomic mass is 16.5. The minimum Gasteiger partial charge on any atom is -0.381 e. The van der Waals surface area contributed by atoms with Gasteiger partial charge in [-0.2, -0.15) is 0 Å². The SMILES string of the molecule is CCC(NC1CC1C)C1CCOC1. The fourth-order valence-electron chi connectivity index (χ4n) is 2.29. The predicted octanol–water partition coefficient (Wildman–Crippen LogP) is 1.80. The molecule has 76 valence electrons. The van der Waals surface area contributed by atoms with Crippen LogP contribution in [0.25, 0.3) is 0 Å². The van der Waals surface area contributed by atoms with E-state index in [1.54, 1.807) is 0 Å². The lowest BCUT2D eigenvalue weighted by atomic mass is 9.97. The van der Waals surface area contributed by atoms with Crippen molar-refractivity contribution in [1.29, 1.82) is 0 Å². The molecule has 2 heteroatoms. The molecule has 2 rings (SSSR count). The molecule has 0 aromatic heterocycles. The Labute approximate surface area is 81.0 Å². The van der Waals surface area contributed by atoms with Gasteiger partial charge in [0.1, 0.15) is 0 Å². The third-order valence-electron chi connectivity index (χ3n) is 3.51. The summed E-state index contributed by atoms with van der Waals surface area (Å²) in [6.07, 6.45) is 3.88. The smallest absolute Gasteiger partial charge is 0.0510 e. The van der Waals surface area contributed by atoms with E-state index in [-0.39, 0.29) is 0 Å². The summed E-state index contributed by atoms with van der Waals surface area (Å²) in [4.78, 5) is 0. The van der Waals surface area contributed by atoms with Crippen LogP contribution in [-0.2, 0) is 4.74 Å². The van der Waals surface area contributed by atoms with Crippen LogP contribution in [0.2, 0.25) is 0 Å². The molecule has 0 spiro atoms. The molecule has 1 aliphatic heterocycles. The first-order valence-electron chi connectivity index (χ1n) is 5.65. The zero-order chi connectivity index (χ0) is 9.26. The summed E-state index contributed by atoms with van der Waals surface area (Å²) in [5.41, 5.74) is 0. The third-order valence-corrected chi connectivity index (χ3v) is 3.51. The van der Waals surface area contributed by atoms with Crippen LogP contribution in [0.4, 0.5) is 0 Å². The Kier molecular flexibility index (Phi) is 2.89. The van der Waals surface area contributed by atoms with Crippen molar-refractivity contribution in [2.45, 2.75) is 45.2 Å². The Bertz CT molecular complexity index is 165. The van der Waals surface area contributed by atoms with Crippen LogP contribution >= 0.6 is 0 Å². The van der Waals surface area contributed by atoms with E-state index in [0.29, 0.717) is 6.04 Å². The molecule has 4 unspecified atom stereocenters. The van der Waals surface area contributed by atoms with Gasteiger partial charge in [0.25, 0.3) is 0 Å². The maximum Gasteiger partial charge on any atom is 0.0510 e. The normalized spacial score (nSPS) is 40.6. The minimum atomic E-state index is 0.706. The lowest BCUT2D eigenvalue weighted by Gasteiger charge is -2.22. The third kappa shape index (κ3) is 2.23. The van der Waals surface area contributed by atoms with Crippen molar-refractivity contribution >= 4 is 0 Å². The molecule has 2 aliphatic rings. The summed E-state index contributed by atoms with van der Waals surface area (Å²) in [6, 6.07) is 1.52. The van der Waals surface area contributed by atoms with Gasteiger partial charge in [-0.1, -0.05) is 13.8 Å². The second-order valence-corrected chi connectivity index (χ2v) is 4.62. The molecule has 1 N–H and O–H groups in total. The molecule has 0 amide bonds. The second kappa shape index (κ2) is 3.97. The van der Waals surface area contributed by atoms with Crippen molar-refractivity contribution in [3.8, 4) is 0 Å². The summed E-state index contributed by atoms with van der Waals surface area (Å²) >= 11 is 0. The summed E-state index contributed by atoms with van der Waals surface area (Å²) in [7, 11) is 0. The zero-order valence-electron chi connectivity index (χ0n) is 8.75. The fraction of sp³-hybridized carbons (Fsp3) is 1.00. The Morgan fingerprint density at radius 1 is 1.54 bits per heavy atom. The van der Waals surface area contributed by atoms with Gasteiger partial charge in [-0.05, 0) is 31.1 Å². The van der Waals surface area contributed by atoms with Gasteiger partial charge < -0.3 is 10.1 Å². The molecule has 13 heavy (non-hydrogen) atoms. The van der Waals surface area contributed by atoms with Crippen molar-refractivity contribution in [3.63, 3.8) is 0 Å². The van der Waals surface area contributed by atoms with Crippen LogP contribution in [0.5, 0.6) is 0 Å². The van der Waals surface area contributed by atoms with Gasteiger partial charge in [-0.25, -0.2) is 0 Å². The van der Waals surface area contributed by atoms with Crippen LogP contribution in [-0.4, -0.2) is 25.3 Å². The maximum absolute atomic E-state index is 5.43. The fourth-order valence-corrected chi connectivity index (χ4v) is 2.29. The molecule has 2 nitrogen and oxygen atoms in total. The molecule has 0 aromatic rings. The van der Waals surface area contributed by atoms with Crippen molar-refractivity contribution in [2.75, 3.05) is 13.2 Å². The molecule has 0 bridgehead atoms. The highest BCUT2D eigenvalue weighted by molar-refractivity contribution is 4.93. The molecule has 1 heterocycles. The van der Waals surface area contributed by atoms with E-state index in [2.05, 4.69) is 19.2 Å². The molecule has 4 atom stereocenters. The van der Waals surface area contributed by atoms with E-state index < -0.39 is 0 Å². The molecule has 0 radical (unpaired) electrons. The van der Waals surface area contributed by atoms with Gasteiger partial charge in [0.05, 0.1) is 6.61 Å². The molecule has 1 saturated heterocycles. The predicted molar refractivity (Wildman–Crippen MR) is 53.7 cm³/mol. The summed E-state index contributed by atoms with van der Waals surface area (Å²) < 4.78 is 5.43. The molecular weight excluding hydrogens is 162 g/mol. The van der Waals surface area contributed by atoms with Gasteiger partial charge in [-0.3, -0.25) is 0 Å². The number of hydrogen-bond acceptors (Lipinski definition) is 2. The Hall–Kier alpha value is -0.0800. The molecule has 0 aromatic carbocycles. The van der Waals surface area contributed by atoms with E-state index in [0.717, 1.165) is 31.1 Å². The van der Waals surface area contributed by atoms with Gasteiger partial charge >= 0.3 is 0 Å². The average molecular weight is 183 g/mol. The van der Waals surface area contributed by atoms with Gasteiger partial charge in [0.15, 0.2) is 0 Å². The Morgan fingerprint density at radius 2 is 2.31 bits per heavy atom. The molecule has 1 aliphatic carbocycles.